The van der Waals surface area contributed by atoms with Crippen LogP contribution >= 0.6 is 0 Å². The lowest BCUT2D eigenvalue weighted by Gasteiger charge is -2.26. The van der Waals surface area contributed by atoms with Gasteiger partial charge in [-0.15, -0.1) is 0 Å². The smallest absolute Gasteiger partial charge is 0.213 e. The quantitative estimate of drug-likeness (QED) is 0.766. The van der Waals surface area contributed by atoms with Gasteiger partial charge in [0.1, 0.15) is 11.5 Å². The van der Waals surface area contributed by atoms with E-state index < -0.39 is 0 Å². The molecule has 2 atom stereocenters. The maximum atomic E-state index is 9.99. The molecule has 28 heavy (non-hydrogen) atoms. The van der Waals surface area contributed by atoms with Gasteiger partial charge in [-0.2, -0.15) is 5.26 Å². The Balaban J connectivity index is 1.63. The third-order valence-corrected chi connectivity index (χ3v) is 6.18. The van der Waals surface area contributed by atoms with Crippen molar-refractivity contribution in [2.24, 2.45) is 5.92 Å². The zero-order valence-corrected chi connectivity index (χ0v) is 16.5. The van der Waals surface area contributed by atoms with Crippen molar-refractivity contribution in [3.8, 4) is 23.4 Å². The minimum atomic E-state index is -0.0408. The highest BCUT2D eigenvalue weighted by molar-refractivity contribution is 5.42. The molecule has 6 nitrogen and oxygen atoms in total. The second kappa shape index (κ2) is 7.33. The molecular weight excluding hydrogens is 354 g/mol. The lowest BCUT2D eigenvalue weighted by atomic mass is 9.85. The van der Waals surface area contributed by atoms with Crippen LogP contribution < -0.4 is 14.2 Å². The molecular formula is C22H25N3O3. The van der Waals surface area contributed by atoms with Crippen molar-refractivity contribution >= 4 is 0 Å². The first-order valence-electron chi connectivity index (χ1n) is 9.50. The minimum Gasteiger partial charge on any atom is -0.497 e. The van der Waals surface area contributed by atoms with Gasteiger partial charge in [-0.3, -0.25) is 4.90 Å². The molecule has 6 heteroatoms. The third-order valence-electron chi connectivity index (χ3n) is 6.18. The van der Waals surface area contributed by atoms with Crippen molar-refractivity contribution in [3.05, 3.63) is 47.7 Å². The number of benzene rings is 1. The summed E-state index contributed by atoms with van der Waals surface area (Å²) < 4.78 is 16.2. The van der Waals surface area contributed by atoms with Crippen LogP contribution in [0.25, 0.3) is 0 Å². The largest absolute Gasteiger partial charge is 0.497 e. The number of hydrogen-bond acceptors (Lipinski definition) is 6. The molecule has 0 bridgehead atoms. The molecule has 0 N–H and O–H groups in total. The van der Waals surface area contributed by atoms with Crippen LogP contribution in [0.4, 0.5) is 0 Å². The molecule has 2 heterocycles. The van der Waals surface area contributed by atoms with Crippen LogP contribution in [-0.4, -0.2) is 43.3 Å². The fourth-order valence-electron chi connectivity index (χ4n) is 4.54. The van der Waals surface area contributed by atoms with Crippen LogP contribution in [0.1, 0.15) is 29.9 Å². The number of hydrogen-bond donors (Lipinski definition) is 0. The van der Waals surface area contributed by atoms with Gasteiger partial charge in [0.15, 0.2) is 0 Å². The molecule has 1 aliphatic heterocycles. The van der Waals surface area contributed by atoms with Crippen molar-refractivity contribution in [1.29, 1.82) is 5.26 Å². The van der Waals surface area contributed by atoms with Crippen molar-refractivity contribution in [2.75, 3.05) is 27.9 Å². The first-order chi connectivity index (χ1) is 13.6. The maximum Gasteiger partial charge on any atom is 0.213 e. The van der Waals surface area contributed by atoms with Crippen molar-refractivity contribution in [2.45, 2.75) is 30.8 Å². The van der Waals surface area contributed by atoms with Crippen molar-refractivity contribution in [3.63, 3.8) is 0 Å². The number of methoxy groups -OCH3 is 3. The normalized spacial score (nSPS) is 22.6. The van der Waals surface area contributed by atoms with E-state index in [1.165, 1.54) is 0 Å². The number of rotatable bonds is 6. The molecule has 1 spiro atoms. The van der Waals surface area contributed by atoms with Crippen LogP contribution in [0.2, 0.25) is 0 Å². The zero-order chi connectivity index (χ0) is 19.7. The summed E-state index contributed by atoms with van der Waals surface area (Å²) in [5.41, 5.74) is 2.19. The SMILES string of the molecule is COc1ccc(CN2C[C@@H](c3ccnc(OC)c3)[C@H](C#N)C23CC3)c(OC)c1. The summed E-state index contributed by atoms with van der Waals surface area (Å²) in [4.78, 5) is 6.67. The Bertz CT molecular complexity index is 904. The minimum absolute atomic E-state index is 0.0381. The second-order valence-electron chi connectivity index (χ2n) is 7.51. The standard InChI is InChI=1S/C22H25N3O3/c1-26-17-5-4-16(20(11-17)27-2)13-25-14-18(19(12-23)22(25)7-8-22)15-6-9-24-21(10-15)28-3/h4-6,9-11,18-19H,7-8,13-14H2,1-3H3/t18-,19-/m0/s1. The Morgan fingerprint density at radius 2 is 1.96 bits per heavy atom. The molecule has 2 aliphatic rings. The van der Waals surface area contributed by atoms with Gasteiger partial charge in [-0.05, 0) is 30.5 Å². The van der Waals surface area contributed by atoms with Crippen LogP contribution in [0.15, 0.2) is 36.5 Å². The molecule has 0 amide bonds. The highest BCUT2D eigenvalue weighted by Gasteiger charge is 2.61. The lowest BCUT2D eigenvalue weighted by Crippen LogP contribution is -2.34. The Hall–Kier alpha value is -2.78. The Morgan fingerprint density at radius 3 is 2.61 bits per heavy atom. The number of nitrogens with zero attached hydrogens (tertiary/aromatic N) is 3. The van der Waals surface area contributed by atoms with E-state index in [4.69, 9.17) is 14.2 Å². The monoisotopic (exact) mass is 379 g/mol. The van der Waals surface area contributed by atoms with E-state index in [1.807, 2.05) is 24.3 Å². The van der Waals surface area contributed by atoms with Gasteiger partial charge in [0, 0.05) is 48.4 Å². The first-order valence-corrected chi connectivity index (χ1v) is 9.50. The number of pyridine rings is 1. The molecule has 1 saturated heterocycles. The van der Waals surface area contributed by atoms with E-state index in [2.05, 4.69) is 22.0 Å². The molecule has 0 radical (unpaired) electrons. The van der Waals surface area contributed by atoms with E-state index in [0.717, 1.165) is 48.6 Å². The summed E-state index contributed by atoms with van der Waals surface area (Å²) in [6.45, 7) is 1.59. The van der Waals surface area contributed by atoms with Crippen LogP contribution in [0, 0.1) is 17.2 Å². The molecule has 1 aliphatic carbocycles. The number of nitriles is 1. The summed E-state index contributed by atoms with van der Waals surface area (Å²) in [5, 5.41) is 9.99. The van der Waals surface area contributed by atoms with E-state index in [-0.39, 0.29) is 17.4 Å². The van der Waals surface area contributed by atoms with Gasteiger partial charge in [0.25, 0.3) is 0 Å². The van der Waals surface area contributed by atoms with E-state index >= 15 is 0 Å². The van der Waals surface area contributed by atoms with Crippen LogP contribution in [0.3, 0.4) is 0 Å². The maximum absolute atomic E-state index is 9.99. The Morgan fingerprint density at radius 1 is 1.14 bits per heavy atom. The summed E-state index contributed by atoms with van der Waals surface area (Å²) in [5.74, 6) is 2.30. The fraction of sp³-hybridized carbons (Fsp3) is 0.455. The predicted molar refractivity (Wildman–Crippen MR) is 105 cm³/mol. The highest BCUT2D eigenvalue weighted by Crippen LogP contribution is 2.58. The molecule has 4 rings (SSSR count). The third kappa shape index (κ3) is 3.06. The zero-order valence-electron chi connectivity index (χ0n) is 16.5. The van der Waals surface area contributed by atoms with Gasteiger partial charge in [-0.1, -0.05) is 6.07 Å². The van der Waals surface area contributed by atoms with E-state index in [9.17, 15) is 5.26 Å². The molecule has 1 aromatic carbocycles. The fourth-order valence-corrected chi connectivity index (χ4v) is 4.54. The summed E-state index contributed by atoms with van der Waals surface area (Å²) in [6, 6.07) is 12.5. The van der Waals surface area contributed by atoms with Crippen molar-refractivity contribution < 1.29 is 14.2 Å². The average molecular weight is 379 g/mol. The molecule has 1 saturated carbocycles. The van der Waals surface area contributed by atoms with Gasteiger partial charge >= 0.3 is 0 Å². The van der Waals surface area contributed by atoms with Crippen LogP contribution in [-0.2, 0) is 6.54 Å². The molecule has 2 aromatic rings. The first kappa shape index (κ1) is 18.6. The Kier molecular flexibility index (Phi) is 4.86. The van der Waals surface area contributed by atoms with Gasteiger partial charge in [0.2, 0.25) is 5.88 Å². The molecule has 1 aromatic heterocycles. The summed E-state index contributed by atoms with van der Waals surface area (Å²) in [6.07, 6.45) is 3.88. The van der Waals surface area contributed by atoms with E-state index in [0.29, 0.717) is 5.88 Å². The van der Waals surface area contributed by atoms with Gasteiger partial charge in [-0.25, -0.2) is 4.98 Å². The summed E-state index contributed by atoms with van der Waals surface area (Å²) >= 11 is 0. The number of aromatic nitrogens is 1. The lowest BCUT2D eigenvalue weighted by molar-refractivity contribution is 0.208. The number of likely N-dealkylation sites (tertiary alicyclic amines) is 1. The number of ether oxygens (including phenoxy) is 3. The summed E-state index contributed by atoms with van der Waals surface area (Å²) in [7, 11) is 4.95. The van der Waals surface area contributed by atoms with E-state index in [1.54, 1.807) is 27.5 Å². The topological polar surface area (TPSA) is 67.6 Å². The predicted octanol–water partition coefficient (Wildman–Crippen LogP) is 3.38. The second-order valence-corrected chi connectivity index (χ2v) is 7.51. The highest BCUT2D eigenvalue weighted by atomic mass is 16.5. The van der Waals surface area contributed by atoms with Crippen LogP contribution in [0.5, 0.6) is 17.4 Å². The Labute approximate surface area is 165 Å². The van der Waals surface area contributed by atoms with Gasteiger partial charge < -0.3 is 14.2 Å². The molecule has 146 valence electrons. The molecule has 2 fully saturated rings. The average Bonchev–Trinajstić information content (AvgIpc) is 3.47. The molecule has 0 unspecified atom stereocenters. The van der Waals surface area contributed by atoms with Gasteiger partial charge in [0.05, 0.1) is 33.3 Å². The van der Waals surface area contributed by atoms with Crippen molar-refractivity contribution in [1.82, 2.24) is 9.88 Å².